The number of rotatable bonds is 5. The van der Waals surface area contributed by atoms with E-state index in [1.165, 1.54) is 6.92 Å². The molecule has 1 aromatic rings. The van der Waals surface area contributed by atoms with Crippen molar-refractivity contribution < 1.29 is 28.0 Å². The minimum absolute atomic E-state index is 0.149. The Balaban J connectivity index is 3.32. The van der Waals surface area contributed by atoms with Crippen molar-refractivity contribution in [3.05, 3.63) is 33.9 Å². The number of hydrogen-bond donors (Lipinski definition) is 1. The van der Waals surface area contributed by atoms with Gasteiger partial charge in [-0.3, -0.25) is 10.1 Å². The Bertz CT molecular complexity index is 531. The third-order valence-corrected chi connectivity index (χ3v) is 2.51. The summed E-state index contributed by atoms with van der Waals surface area (Å²) in [5.74, 6) is -1.37. The van der Waals surface area contributed by atoms with Gasteiger partial charge < -0.3 is 10.0 Å². The fourth-order valence-electron chi connectivity index (χ4n) is 1.65. The van der Waals surface area contributed by atoms with Crippen LogP contribution in [0.25, 0.3) is 0 Å². The summed E-state index contributed by atoms with van der Waals surface area (Å²) in [6.07, 6.45) is -4.55. The van der Waals surface area contributed by atoms with Crippen molar-refractivity contribution >= 4 is 17.3 Å². The smallest absolute Gasteiger partial charge is 0.405 e. The number of nitro groups is 1. The van der Waals surface area contributed by atoms with E-state index in [1.54, 1.807) is 0 Å². The van der Waals surface area contributed by atoms with Crippen molar-refractivity contribution in [1.82, 2.24) is 0 Å². The molecule has 0 heterocycles. The molecule has 0 saturated carbocycles. The Morgan fingerprint density at radius 3 is 2.45 bits per heavy atom. The first-order chi connectivity index (χ1) is 9.15. The Labute approximate surface area is 111 Å². The van der Waals surface area contributed by atoms with Crippen LogP contribution in [0.4, 0.5) is 24.5 Å². The van der Waals surface area contributed by atoms with Crippen molar-refractivity contribution in [1.29, 1.82) is 0 Å². The Morgan fingerprint density at radius 2 is 2.05 bits per heavy atom. The zero-order valence-electron chi connectivity index (χ0n) is 10.3. The van der Waals surface area contributed by atoms with Gasteiger partial charge in [0.1, 0.15) is 12.2 Å². The second-order valence-electron chi connectivity index (χ2n) is 3.90. The molecule has 0 aliphatic heterocycles. The summed E-state index contributed by atoms with van der Waals surface area (Å²) in [6.45, 7) is -0.153. The molecule has 0 aliphatic rings. The van der Waals surface area contributed by atoms with E-state index in [4.69, 9.17) is 5.11 Å². The van der Waals surface area contributed by atoms with Crippen LogP contribution in [0.2, 0.25) is 0 Å². The minimum Gasteiger partial charge on any atom is -0.478 e. The quantitative estimate of drug-likeness (QED) is 0.666. The molecule has 0 bridgehead atoms. The molecule has 0 unspecified atom stereocenters. The molecule has 0 spiro atoms. The van der Waals surface area contributed by atoms with Crippen molar-refractivity contribution in [3.63, 3.8) is 0 Å². The van der Waals surface area contributed by atoms with E-state index in [1.807, 2.05) is 0 Å². The second-order valence-corrected chi connectivity index (χ2v) is 3.90. The van der Waals surface area contributed by atoms with Crippen molar-refractivity contribution in [2.75, 3.05) is 18.0 Å². The maximum Gasteiger partial charge on any atom is 0.405 e. The molecular formula is C11H11F3N2O4. The summed E-state index contributed by atoms with van der Waals surface area (Å²) in [6, 6.07) is 2.74. The summed E-state index contributed by atoms with van der Waals surface area (Å²) < 4.78 is 37.3. The minimum atomic E-state index is -4.55. The monoisotopic (exact) mass is 292 g/mol. The van der Waals surface area contributed by atoms with E-state index in [9.17, 15) is 28.1 Å². The number of alkyl halides is 3. The van der Waals surface area contributed by atoms with Crippen molar-refractivity contribution in [2.45, 2.75) is 13.1 Å². The number of carbonyl (C=O) groups is 1. The summed E-state index contributed by atoms with van der Waals surface area (Å²) >= 11 is 0. The Kier molecular flexibility index (Phi) is 4.53. The number of halogens is 3. The molecule has 110 valence electrons. The molecule has 0 atom stereocenters. The highest BCUT2D eigenvalue weighted by molar-refractivity contribution is 5.90. The second kappa shape index (κ2) is 5.76. The number of benzene rings is 1. The molecule has 1 aromatic carbocycles. The maximum atomic E-state index is 12.4. The van der Waals surface area contributed by atoms with Gasteiger partial charge in [-0.25, -0.2) is 4.79 Å². The number of carboxylic acids is 1. The number of nitro benzene ring substituents is 1. The number of hydrogen-bond acceptors (Lipinski definition) is 4. The standard InChI is InChI=1S/C11H11F3N2O4/c1-2-15(6-11(12,13)14)9-5-7(10(17)18)3-4-8(9)16(19)20/h3-5H,2,6H2,1H3,(H,17,18). The Morgan fingerprint density at radius 1 is 1.45 bits per heavy atom. The van der Waals surface area contributed by atoms with Gasteiger partial charge in [0.05, 0.1) is 10.5 Å². The van der Waals surface area contributed by atoms with Crippen LogP contribution in [0.3, 0.4) is 0 Å². The predicted molar refractivity (Wildman–Crippen MR) is 64.0 cm³/mol. The molecular weight excluding hydrogens is 281 g/mol. The van der Waals surface area contributed by atoms with E-state index in [-0.39, 0.29) is 17.8 Å². The first-order valence-corrected chi connectivity index (χ1v) is 5.49. The van der Waals surface area contributed by atoms with Gasteiger partial charge in [-0.15, -0.1) is 0 Å². The van der Waals surface area contributed by atoms with Gasteiger partial charge in [0.2, 0.25) is 0 Å². The lowest BCUT2D eigenvalue weighted by molar-refractivity contribution is -0.384. The fourth-order valence-corrected chi connectivity index (χ4v) is 1.65. The molecule has 1 N–H and O–H groups in total. The van der Waals surface area contributed by atoms with Gasteiger partial charge in [0.15, 0.2) is 0 Å². The van der Waals surface area contributed by atoms with Crippen LogP contribution in [0.15, 0.2) is 18.2 Å². The van der Waals surface area contributed by atoms with Gasteiger partial charge in [0.25, 0.3) is 5.69 Å². The van der Waals surface area contributed by atoms with E-state index < -0.39 is 29.3 Å². The van der Waals surface area contributed by atoms with E-state index in [2.05, 4.69) is 0 Å². The van der Waals surface area contributed by atoms with Gasteiger partial charge in [-0.1, -0.05) is 0 Å². The number of aromatic carboxylic acids is 1. The van der Waals surface area contributed by atoms with Crippen molar-refractivity contribution in [3.8, 4) is 0 Å². The molecule has 0 fully saturated rings. The molecule has 0 amide bonds. The third kappa shape index (κ3) is 3.84. The van der Waals surface area contributed by atoms with Crippen LogP contribution in [0.5, 0.6) is 0 Å². The number of anilines is 1. The van der Waals surface area contributed by atoms with E-state index >= 15 is 0 Å². The lowest BCUT2D eigenvalue weighted by Crippen LogP contribution is -2.34. The molecule has 0 aromatic heterocycles. The first-order valence-electron chi connectivity index (χ1n) is 5.49. The molecule has 0 radical (unpaired) electrons. The number of nitrogens with zero attached hydrogens (tertiary/aromatic N) is 2. The zero-order chi connectivity index (χ0) is 15.5. The zero-order valence-corrected chi connectivity index (χ0v) is 10.3. The van der Waals surface area contributed by atoms with Crippen molar-refractivity contribution in [2.24, 2.45) is 0 Å². The predicted octanol–water partition coefficient (Wildman–Crippen LogP) is 2.68. The first kappa shape index (κ1) is 15.7. The van der Waals surface area contributed by atoms with Crippen LogP contribution < -0.4 is 4.90 Å². The van der Waals surface area contributed by atoms with E-state index in [0.717, 1.165) is 18.2 Å². The molecule has 20 heavy (non-hydrogen) atoms. The summed E-state index contributed by atoms with van der Waals surface area (Å²) in [7, 11) is 0. The Hall–Kier alpha value is -2.32. The highest BCUT2D eigenvalue weighted by atomic mass is 19.4. The average molecular weight is 292 g/mol. The van der Waals surface area contributed by atoms with E-state index in [0.29, 0.717) is 4.90 Å². The van der Waals surface area contributed by atoms with Gasteiger partial charge >= 0.3 is 12.1 Å². The van der Waals surface area contributed by atoms with Crippen LogP contribution >= 0.6 is 0 Å². The van der Waals surface area contributed by atoms with Gasteiger partial charge in [-0.2, -0.15) is 13.2 Å². The SMILES string of the molecule is CCN(CC(F)(F)F)c1cc(C(=O)O)ccc1[N+](=O)[O-]. The van der Waals surface area contributed by atoms with Gasteiger partial charge in [0, 0.05) is 12.6 Å². The molecule has 0 aliphatic carbocycles. The van der Waals surface area contributed by atoms with Crippen LogP contribution in [0, 0.1) is 10.1 Å². The molecule has 0 saturated heterocycles. The normalized spacial score (nSPS) is 11.2. The fraction of sp³-hybridized carbons (Fsp3) is 0.364. The largest absolute Gasteiger partial charge is 0.478 e. The summed E-state index contributed by atoms with van der Waals surface area (Å²) in [5, 5.41) is 19.7. The van der Waals surface area contributed by atoms with Crippen LogP contribution in [0.1, 0.15) is 17.3 Å². The highest BCUT2D eigenvalue weighted by Gasteiger charge is 2.33. The molecule has 1 rings (SSSR count). The molecule has 9 heteroatoms. The highest BCUT2D eigenvalue weighted by Crippen LogP contribution is 2.31. The average Bonchev–Trinajstić information content (AvgIpc) is 2.33. The van der Waals surface area contributed by atoms with Crippen LogP contribution in [-0.2, 0) is 0 Å². The number of carboxylic acid groups (broad SMARTS) is 1. The maximum absolute atomic E-state index is 12.4. The third-order valence-electron chi connectivity index (χ3n) is 2.51. The summed E-state index contributed by atoms with van der Waals surface area (Å²) in [5.41, 5.74) is -1.25. The topological polar surface area (TPSA) is 83.7 Å². The summed E-state index contributed by atoms with van der Waals surface area (Å²) in [4.78, 5) is 21.5. The van der Waals surface area contributed by atoms with Crippen LogP contribution in [-0.4, -0.2) is 35.3 Å². The lowest BCUT2D eigenvalue weighted by atomic mass is 10.1. The lowest BCUT2D eigenvalue weighted by Gasteiger charge is -2.24. The molecule has 6 nitrogen and oxygen atoms in total. The van der Waals surface area contributed by atoms with Gasteiger partial charge in [-0.05, 0) is 19.1 Å².